The lowest BCUT2D eigenvalue weighted by Gasteiger charge is -2.00. The van der Waals surface area contributed by atoms with Crippen LogP contribution in [0, 0.1) is 0 Å². The first-order valence-corrected chi connectivity index (χ1v) is 8.74. The molecule has 0 aliphatic heterocycles. The maximum atomic E-state index is 12.4. The van der Waals surface area contributed by atoms with Gasteiger partial charge in [-0.15, -0.1) is 16.4 Å². The van der Waals surface area contributed by atoms with E-state index in [9.17, 15) is 4.79 Å². The predicted molar refractivity (Wildman–Crippen MR) is 97.8 cm³/mol. The molecule has 1 aromatic carbocycles. The van der Waals surface area contributed by atoms with Gasteiger partial charge in [-0.3, -0.25) is 14.8 Å². The van der Waals surface area contributed by atoms with Gasteiger partial charge in [-0.05, 0) is 5.56 Å². The fraction of sp³-hybridized carbons (Fsp3) is 0.118. The van der Waals surface area contributed by atoms with Crippen molar-refractivity contribution in [2.24, 2.45) is 7.05 Å². The van der Waals surface area contributed by atoms with Gasteiger partial charge in [0.25, 0.3) is 5.91 Å². The molecule has 0 unspecified atom stereocenters. The summed E-state index contributed by atoms with van der Waals surface area (Å²) in [4.78, 5) is 20.8. The van der Waals surface area contributed by atoms with Crippen LogP contribution >= 0.6 is 11.3 Å². The number of rotatable bonds is 5. The lowest BCUT2D eigenvalue weighted by molar-refractivity contribution is 0.102. The van der Waals surface area contributed by atoms with Crippen molar-refractivity contribution in [1.29, 1.82) is 0 Å². The normalized spacial score (nSPS) is 10.8. The first kappa shape index (κ1) is 16.2. The van der Waals surface area contributed by atoms with E-state index in [0.29, 0.717) is 12.2 Å². The topological polar surface area (TPSA) is 90.5 Å². The molecule has 130 valence electrons. The second kappa shape index (κ2) is 6.89. The van der Waals surface area contributed by atoms with Crippen molar-refractivity contribution in [3.05, 3.63) is 65.7 Å². The Morgan fingerprint density at radius 3 is 2.88 bits per heavy atom. The minimum Gasteiger partial charge on any atom is -0.288 e. The van der Waals surface area contributed by atoms with Crippen molar-refractivity contribution in [2.45, 2.75) is 6.54 Å². The summed E-state index contributed by atoms with van der Waals surface area (Å²) in [6, 6.07) is 9.92. The van der Waals surface area contributed by atoms with E-state index in [1.54, 1.807) is 27.3 Å². The average Bonchev–Trinajstić information content (AvgIpc) is 3.37. The standard InChI is InChI=1S/C17H15N7OS/c1-23-9-13(7-19-23)16-20-14(10-26-16)15(25)21-17-18-11-24(22-17)8-12-5-3-2-4-6-12/h2-7,9-11H,8H2,1H3,(H,21,22,25). The molecule has 1 amide bonds. The molecular weight excluding hydrogens is 350 g/mol. The Bertz CT molecular complexity index is 1030. The number of aromatic nitrogens is 6. The number of benzene rings is 1. The summed E-state index contributed by atoms with van der Waals surface area (Å²) in [6.07, 6.45) is 5.16. The smallest absolute Gasteiger partial charge is 0.277 e. The highest BCUT2D eigenvalue weighted by molar-refractivity contribution is 7.13. The molecule has 4 rings (SSSR count). The van der Waals surface area contributed by atoms with Gasteiger partial charge >= 0.3 is 0 Å². The first-order chi connectivity index (χ1) is 12.7. The lowest BCUT2D eigenvalue weighted by atomic mass is 10.2. The zero-order chi connectivity index (χ0) is 17.9. The van der Waals surface area contributed by atoms with Crippen LogP contribution < -0.4 is 5.32 Å². The lowest BCUT2D eigenvalue weighted by Crippen LogP contribution is -2.14. The van der Waals surface area contributed by atoms with Gasteiger partial charge in [-0.2, -0.15) is 5.10 Å². The molecule has 0 bridgehead atoms. The SMILES string of the molecule is Cn1cc(-c2nc(C(=O)Nc3ncn(Cc4ccccc4)n3)cs2)cn1. The van der Waals surface area contributed by atoms with Gasteiger partial charge in [-0.1, -0.05) is 30.3 Å². The Labute approximate surface area is 153 Å². The fourth-order valence-electron chi connectivity index (χ4n) is 2.41. The molecule has 0 atom stereocenters. The third-order valence-electron chi connectivity index (χ3n) is 3.64. The highest BCUT2D eigenvalue weighted by Crippen LogP contribution is 2.23. The van der Waals surface area contributed by atoms with Crippen LogP contribution in [-0.4, -0.2) is 35.4 Å². The Hall–Kier alpha value is -3.33. The maximum absolute atomic E-state index is 12.4. The van der Waals surface area contributed by atoms with E-state index in [1.807, 2.05) is 43.6 Å². The Morgan fingerprint density at radius 1 is 1.27 bits per heavy atom. The molecule has 1 N–H and O–H groups in total. The van der Waals surface area contributed by atoms with E-state index in [2.05, 4.69) is 25.5 Å². The van der Waals surface area contributed by atoms with E-state index in [0.717, 1.165) is 16.1 Å². The van der Waals surface area contributed by atoms with Gasteiger partial charge in [0.05, 0.1) is 12.7 Å². The second-order valence-electron chi connectivity index (χ2n) is 5.65. The van der Waals surface area contributed by atoms with Crippen molar-refractivity contribution in [3.63, 3.8) is 0 Å². The molecule has 9 heteroatoms. The molecule has 0 aliphatic rings. The van der Waals surface area contributed by atoms with Gasteiger partial charge in [0.15, 0.2) is 0 Å². The van der Waals surface area contributed by atoms with Crippen LogP contribution in [0.4, 0.5) is 5.95 Å². The minimum absolute atomic E-state index is 0.252. The molecule has 0 aliphatic carbocycles. The molecule has 26 heavy (non-hydrogen) atoms. The molecule has 0 radical (unpaired) electrons. The Balaban J connectivity index is 1.43. The quantitative estimate of drug-likeness (QED) is 0.587. The largest absolute Gasteiger partial charge is 0.288 e. The molecule has 4 aromatic rings. The monoisotopic (exact) mass is 365 g/mol. The molecular formula is C17H15N7OS. The molecule has 8 nitrogen and oxygen atoms in total. The third kappa shape index (κ3) is 3.52. The number of anilines is 1. The third-order valence-corrected chi connectivity index (χ3v) is 4.53. The van der Waals surface area contributed by atoms with E-state index >= 15 is 0 Å². The number of carbonyl (C=O) groups is 1. The van der Waals surface area contributed by atoms with Crippen LogP contribution in [0.3, 0.4) is 0 Å². The number of thiazole rings is 1. The number of carbonyl (C=O) groups excluding carboxylic acids is 1. The summed E-state index contributed by atoms with van der Waals surface area (Å²) in [5, 5.41) is 13.5. The summed E-state index contributed by atoms with van der Waals surface area (Å²) in [6.45, 7) is 0.589. The highest BCUT2D eigenvalue weighted by atomic mass is 32.1. The minimum atomic E-state index is -0.339. The van der Waals surface area contributed by atoms with Gasteiger partial charge in [0.1, 0.15) is 17.0 Å². The molecule has 3 heterocycles. The summed E-state index contributed by atoms with van der Waals surface area (Å²) >= 11 is 1.39. The second-order valence-corrected chi connectivity index (χ2v) is 6.50. The van der Waals surface area contributed by atoms with E-state index in [1.165, 1.54) is 11.3 Å². The van der Waals surface area contributed by atoms with Crippen LogP contribution in [0.2, 0.25) is 0 Å². The van der Waals surface area contributed by atoms with E-state index < -0.39 is 0 Å². The van der Waals surface area contributed by atoms with Gasteiger partial charge in [-0.25, -0.2) is 14.6 Å². The van der Waals surface area contributed by atoms with Crippen LogP contribution in [0.5, 0.6) is 0 Å². The zero-order valence-corrected chi connectivity index (χ0v) is 14.7. The van der Waals surface area contributed by atoms with Crippen LogP contribution in [0.15, 0.2) is 54.4 Å². The molecule has 0 saturated heterocycles. The summed E-state index contributed by atoms with van der Waals surface area (Å²) in [5.74, 6) is -0.0873. The van der Waals surface area contributed by atoms with Crippen molar-refractivity contribution in [1.82, 2.24) is 29.5 Å². The number of nitrogens with zero attached hydrogens (tertiary/aromatic N) is 6. The average molecular weight is 365 g/mol. The molecule has 3 aromatic heterocycles. The summed E-state index contributed by atoms with van der Waals surface area (Å²) in [7, 11) is 1.84. The first-order valence-electron chi connectivity index (χ1n) is 7.86. The number of aryl methyl sites for hydroxylation is 1. The van der Waals surface area contributed by atoms with Crippen molar-refractivity contribution in [2.75, 3.05) is 5.32 Å². The van der Waals surface area contributed by atoms with Crippen molar-refractivity contribution in [3.8, 4) is 10.6 Å². The summed E-state index contributed by atoms with van der Waals surface area (Å²) < 4.78 is 3.37. The van der Waals surface area contributed by atoms with Crippen molar-refractivity contribution < 1.29 is 4.79 Å². The number of amides is 1. The van der Waals surface area contributed by atoms with E-state index in [-0.39, 0.29) is 11.9 Å². The zero-order valence-electron chi connectivity index (χ0n) is 13.9. The number of nitrogens with one attached hydrogen (secondary N) is 1. The van der Waals surface area contributed by atoms with Crippen molar-refractivity contribution >= 4 is 23.2 Å². The highest BCUT2D eigenvalue weighted by Gasteiger charge is 2.14. The summed E-state index contributed by atoms with van der Waals surface area (Å²) in [5.41, 5.74) is 2.31. The van der Waals surface area contributed by atoms with Crippen LogP contribution in [-0.2, 0) is 13.6 Å². The van der Waals surface area contributed by atoms with Crippen LogP contribution in [0.1, 0.15) is 16.1 Å². The fourth-order valence-corrected chi connectivity index (χ4v) is 3.18. The van der Waals surface area contributed by atoms with Gasteiger partial charge in [0.2, 0.25) is 5.95 Å². The predicted octanol–water partition coefficient (Wildman–Crippen LogP) is 2.44. The van der Waals surface area contributed by atoms with Gasteiger partial charge in [0, 0.05) is 24.2 Å². The van der Waals surface area contributed by atoms with Gasteiger partial charge < -0.3 is 0 Å². The number of hydrogen-bond acceptors (Lipinski definition) is 6. The van der Waals surface area contributed by atoms with Crippen LogP contribution in [0.25, 0.3) is 10.6 Å². The number of hydrogen-bond donors (Lipinski definition) is 1. The molecule has 0 fully saturated rings. The maximum Gasteiger partial charge on any atom is 0.277 e. The Morgan fingerprint density at radius 2 is 2.12 bits per heavy atom. The Kier molecular flexibility index (Phi) is 4.28. The van der Waals surface area contributed by atoms with E-state index in [4.69, 9.17) is 0 Å². The molecule has 0 spiro atoms. The molecule has 0 saturated carbocycles.